The molecule has 0 aliphatic carbocycles. The van der Waals surface area contributed by atoms with E-state index in [1.165, 1.54) is 19.1 Å². The Kier molecular flexibility index (Phi) is 3.92. The molecule has 21 heavy (non-hydrogen) atoms. The SMILES string of the molecule is CC(C(=O)O)n1nnnc1Cc1ccc(C(F)(F)F)cc1. The first-order valence-electron chi connectivity index (χ1n) is 5.94. The highest BCUT2D eigenvalue weighted by Gasteiger charge is 2.30. The lowest BCUT2D eigenvalue weighted by Gasteiger charge is -2.09. The number of halogens is 3. The quantitative estimate of drug-likeness (QED) is 0.933. The van der Waals surface area contributed by atoms with Crippen LogP contribution in [0.4, 0.5) is 13.2 Å². The molecule has 0 fully saturated rings. The van der Waals surface area contributed by atoms with Crippen LogP contribution in [0.2, 0.25) is 0 Å². The van der Waals surface area contributed by atoms with E-state index in [1.807, 2.05) is 0 Å². The van der Waals surface area contributed by atoms with Crippen LogP contribution in [-0.4, -0.2) is 31.3 Å². The normalized spacial score (nSPS) is 13.1. The van der Waals surface area contributed by atoms with Gasteiger partial charge >= 0.3 is 12.1 Å². The molecule has 1 aromatic heterocycles. The Labute approximate surface area is 117 Å². The Hall–Kier alpha value is -2.45. The second-order valence-corrected chi connectivity index (χ2v) is 4.43. The first-order chi connectivity index (χ1) is 9.79. The molecule has 0 saturated carbocycles. The average Bonchev–Trinajstić information content (AvgIpc) is 2.85. The van der Waals surface area contributed by atoms with Crippen molar-refractivity contribution < 1.29 is 23.1 Å². The number of hydrogen-bond acceptors (Lipinski definition) is 4. The van der Waals surface area contributed by atoms with Crippen LogP contribution >= 0.6 is 0 Å². The zero-order valence-corrected chi connectivity index (χ0v) is 10.9. The Morgan fingerprint density at radius 3 is 2.48 bits per heavy atom. The maximum Gasteiger partial charge on any atom is 0.416 e. The van der Waals surface area contributed by atoms with Crippen molar-refractivity contribution in [3.63, 3.8) is 0 Å². The summed E-state index contributed by atoms with van der Waals surface area (Å²) in [7, 11) is 0. The standard InChI is InChI=1S/C12H11F3N4O2/c1-7(11(20)21)19-10(16-17-18-19)6-8-2-4-9(5-3-8)12(13,14)15/h2-5,7H,6H2,1H3,(H,20,21). The Bertz CT molecular complexity index is 637. The van der Waals surface area contributed by atoms with Gasteiger partial charge in [0.15, 0.2) is 5.82 Å². The zero-order chi connectivity index (χ0) is 15.6. The van der Waals surface area contributed by atoms with Gasteiger partial charge in [-0.3, -0.25) is 0 Å². The molecule has 2 aromatic rings. The van der Waals surface area contributed by atoms with Crippen molar-refractivity contribution in [2.45, 2.75) is 25.6 Å². The number of rotatable bonds is 4. The summed E-state index contributed by atoms with van der Waals surface area (Å²) < 4.78 is 38.5. The van der Waals surface area contributed by atoms with Gasteiger partial charge in [0.2, 0.25) is 0 Å². The van der Waals surface area contributed by atoms with Crippen LogP contribution in [0.25, 0.3) is 0 Å². The molecular formula is C12H11F3N4O2. The molecule has 0 aliphatic heterocycles. The van der Waals surface area contributed by atoms with E-state index in [4.69, 9.17) is 5.11 Å². The van der Waals surface area contributed by atoms with Crippen molar-refractivity contribution in [1.29, 1.82) is 0 Å². The minimum absolute atomic E-state index is 0.142. The van der Waals surface area contributed by atoms with Crippen molar-refractivity contribution >= 4 is 5.97 Å². The fourth-order valence-corrected chi connectivity index (χ4v) is 1.73. The number of carboxylic acid groups (broad SMARTS) is 1. The third-order valence-electron chi connectivity index (χ3n) is 2.93. The molecule has 0 amide bonds. The van der Waals surface area contributed by atoms with Gasteiger partial charge in [-0.25, -0.2) is 9.48 Å². The van der Waals surface area contributed by atoms with E-state index in [0.29, 0.717) is 5.56 Å². The highest BCUT2D eigenvalue weighted by molar-refractivity contribution is 5.71. The second-order valence-electron chi connectivity index (χ2n) is 4.43. The van der Waals surface area contributed by atoms with E-state index in [0.717, 1.165) is 16.8 Å². The third kappa shape index (κ3) is 3.36. The van der Waals surface area contributed by atoms with Gasteiger partial charge in [-0.2, -0.15) is 13.2 Å². The number of nitrogens with zero attached hydrogens (tertiary/aromatic N) is 4. The predicted octanol–water partition coefficient (Wildman–Crippen LogP) is 1.93. The molecule has 1 aromatic carbocycles. The molecule has 2 rings (SSSR count). The van der Waals surface area contributed by atoms with Crippen LogP contribution in [0.3, 0.4) is 0 Å². The van der Waals surface area contributed by atoms with Gasteiger partial charge in [0.1, 0.15) is 6.04 Å². The predicted molar refractivity (Wildman–Crippen MR) is 64.4 cm³/mol. The monoisotopic (exact) mass is 300 g/mol. The molecule has 6 nitrogen and oxygen atoms in total. The number of hydrogen-bond donors (Lipinski definition) is 1. The molecule has 1 atom stereocenters. The summed E-state index contributed by atoms with van der Waals surface area (Å²) in [5.41, 5.74) is -0.193. The second kappa shape index (κ2) is 5.51. The van der Waals surface area contributed by atoms with Gasteiger partial charge in [-0.15, -0.1) is 5.10 Å². The topological polar surface area (TPSA) is 80.9 Å². The summed E-state index contributed by atoms with van der Waals surface area (Å²) in [4.78, 5) is 10.9. The number of benzene rings is 1. The van der Waals surface area contributed by atoms with Crippen molar-refractivity contribution in [2.75, 3.05) is 0 Å². The van der Waals surface area contributed by atoms with Gasteiger partial charge in [-0.05, 0) is 35.0 Å². The van der Waals surface area contributed by atoms with Crippen molar-refractivity contribution in [3.05, 3.63) is 41.2 Å². The molecule has 112 valence electrons. The third-order valence-corrected chi connectivity index (χ3v) is 2.93. The van der Waals surface area contributed by atoms with Gasteiger partial charge in [-0.1, -0.05) is 12.1 Å². The van der Waals surface area contributed by atoms with E-state index < -0.39 is 23.8 Å². The summed E-state index contributed by atoms with van der Waals surface area (Å²) in [5, 5.41) is 19.6. The fraction of sp³-hybridized carbons (Fsp3) is 0.333. The maximum atomic E-state index is 12.5. The fourth-order valence-electron chi connectivity index (χ4n) is 1.73. The number of aromatic nitrogens is 4. The number of alkyl halides is 3. The number of tetrazole rings is 1. The molecule has 1 N–H and O–H groups in total. The molecule has 0 spiro atoms. The Morgan fingerprint density at radius 2 is 1.95 bits per heavy atom. The smallest absolute Gasteiger partial charge is 0.416 e. The van der Waals surface area contributed by atoms with Crippen molar-refractivity contribution in [2.24, 2.45) is 0 Å². The van der Waals surface area contributed by atoms with Gasteiger partial charge in [0.05, 0.1) is 5.56 Å². The summed E-state index contributed by atoms with van der Waals surface area (Å²) >= 11 is 0. The van der Waals surface area contributed by atoms with E-state index in [2.05, 4.69) is 15.5 Å². The van der Waals surface area contributed by atoms with Crippen LogP contribution in [0.15, 0.2) is 24.3 Å². The minimum atomic E-state index is -4.39. The molecule has 0 radical (unpaired) electrons. The molecule has 1 unspecified atom stereocenters. The van der Waals surface area contributed by atoms with Crippen LogP contribution in [0.1, 0.15) is 29.9 Å². The van der Waals surface area contributed by atoms with Crippen LogP contribution in [0.5, 0.6) is 0 Å². The number of aliphatic carboxylic acids is 1. The van der Waals surface area contributed by atoms with E-state index in [9.17, 15) is 18.0 Å². The number of carboxylic acids is 1. The van der Waals surface area contributed by atoms with Crippen LogP contribution < -0.4 is 0 Å². The van der Waals surface area contributed by atoms with E-state index >= 15 is 0 Å². The molecule has 9 heteroatoms. The highest BCUT2D eigenvalue weighted by Crippen LogP contribution is 2.29. The Balaban J connectivity index is 2.20. The van der Waals surface area contributed by atoms with E-state index in [-0.39, 0.29) is 12.2 Å². The van der Waals surface area contributed by atoms with Crippen LogP contribution in [-0.2, 0) is 17.4 Å². The molecule has 0 bridgehead atoms. The highest BCUT2D eigenvalue weighted by atomic mass is 19.4. The lowest BCUT2D eigenvalue weighted by Crippen LogP contribution is -2.19. The number of carbonyl (C=O) groups is 1. The average molecular weight is 300 g/mol. The molecular weight excluding hydrogens is 289 g/mol. The summed E-state index contributed by atoms with van der Waals surface area (Å²) in [6.45, 7) is 1.41. The molecule has 0 saturated heterocycles. The minimum Gasteiger partial charge on any atom is -0.480 e. The first-order valence-corrected chi connectivity index (χ1v) is 5.94. The lowest BCUT2D eigenvalue weighted by molar-refractivity contribution is -0.141. The van der Waals surface area contributed by atoms with Crippen molar-refractivity contribution in [1.82, 2.24) is 20.2 Å². The molecule has 1 heterocycles. The van der Waals surface area contributed by atoms with Crippen LogP contribution in [0, 0.1) is 0 Å². The summed E-state index contributed by atoms with van der Waals surface area (Å²) in [5.74, 6) is -0.833. The maximum absolute atomic E-state index is 12.5. The van der Waals surface area contributed by atoms with Crippen molar-refractivity contribution in [3.8, 4) is 0 Å². The van der Waals surface area contributed by atoms with Gasteiger partial charge < -0.3 is 5.11 Å². The van der Waals surface area contributed by atoms with Gasteiger partial charge in [0.25, 0.3) is 0 Å². The van der Waals surface area contributed by atoms with Gasteiger partial charge in [0, 0.05) is 6.42 Å². The summed E-state index contributed by atoms with van der Waals surface area (Å²) in [6, 6.07) is 3.60. The first kappa shape index (κ1) is 14.9. The zero-order valence-electron chi connectivity index (χ0n) is 10.9. The van der Waals surface area contributed by atoms with E-state index in [1.54, 1.807) is 0 Å². The Morgan fingerprint density at radius 1 is 1.33 bits per heavy atom. The largest absolute Gasteiger partial charge is 0.480 e. The lowest BCUT2D eigenvalue weighted by atomic mass is 10.1. The summed E-state index contributed by atoms with van der Waals surface area (Å²) in [6.07, 6.45) is -4.25. The molecule has 0 aliphatic rings.